The number of nitrogens with zero attached hydrogens (tertiary/aromatic N) is 2. The summed E-state index contributed by atoms with van der Waals surface area (Å²) < 4.78 is 51.1. The van der Waals surface area contributed by atoms with Gasteiger partial charge in [0.2, 0.25) is 5.91 Å². The number of hydrogen-bond acceptors (Lipinski definition) is 3. The molecule has 0 atom stereocenters. The molecule has 8 heteroatoms. The topological polar surface area (TPSA) is 43.7 Å². The molecular formula is C26H29F3N2O3. The van der Waals surface area contributed by atoms with E-state index in [4.69, 9.17) is 9.47 Å². The van der Waals surface area contributed by atoms with Gasteiger partial charge in [0.15, 0.2) is 0 Å². The lowest BCUT2D eigenvalue weighted by molar-refractivity contribution is -0.138. The summed E-state index contributed by atoms with van der Waals surface area (Å²) >= 11 is 0. The van der Waals surface area contributed by atoms with Crippen molar-refractivity contribution in [3.63, 3.8) is 0 Å². The molecule has 0 saturated carbocycles. The highest BCUT2D eigenvalue weighted by molar-refractivity contribution is 5.85. The average molecular weight is 475 g/mol. The monoisotopic (exact) mass is 474 g/mol. The van der Waals surface area contributed by atoms with Crippen molar-refractivity contribution in [1.29, 1.82) is 0 Å². The molecule has 1 saturated heterocycles. The maximum absolute atomic E-state index is 12.9. The van der Waals surface area contributed by atoms with Gasteiger partial charge in [0.05, 0.1) is 18.8 Å². The Kier molecular flexibility index (Phi) is 7.58. The largest absolute Gasteiger partial charge is 0.416 e. The normalized spacial score (nSPS) is 15.2. The number of carbonyl (C=O) groups excluding carboxylic acids is 1. The number of benzene rings is 2. The van der Waals surface area contributed by atoms with Gasteiger partial charge in [-0.2, -0.15) is 13.2 Å². The summed E-state index contributed by atoms with van der Waals surface area (Å²) in [5, 5.41) is 1.15. The summed E-state index contributed by atoms with van der Waals surface area (Å²) in [5.41, 5.74) is 2.46. The number of rotatable bonds is 8. The second-order valence-electron chi connectivity index (χ2n) is 8.62. The summed E-state index contributed by atoms with van der Waals surface area (Å²) in [6.07, 6.45) is -0.493. The van der Waals surface area contributed by atoms with E-state index in [9.17, 15) is 18.0 Å². The summed E-state index contributed by atoms with van der Waals surface area (Å²) in [7, 11) is 1.59. The highest BCUT2D eigenvalue weighted by atomic mass is 19.4. The fourth-order valence-corrected chi connectivity index (χ4v) is 4.56. The molecule has 1 aromatic heterocycles. The van der Waals surface area contributed by atoms with E-state index < -0.39 is 11.7 Å². The molecule has 2 heterocycles. The summed E-state index contributed by atoms with van der Waals surface area (Å²) in [5.74, 6) is 0.316. The highest BCUT2D eigenvalue weighted by Gasteiger charge is 2.30. The number of alkyl halides is 3. The minimum Gasteiger partial charge on any atom is -0.382 e. The van der Waals surface area contributed by atoms with Gasteiger partial charge in [-0.15, -0.1) is 0 Å². The van der Waals surface area contributed by atoms with Gasteiger partial charge >= 0.3 is 6.18 Å². The zero-order valence-corrected chi connectivity index (χ0v) is 19.2. The summed E-state index contributed by atoms with van der Waals surface area (Å²) in [4.78, 5) is 14.2. The van der Waals surface area contributed by atoms with Gasteiger partial charge in [-0.3, -0.25) is 4.79 Å². The lowest BCUT2D eigenvalue weighted by Gasteiger charge is -2.32. The molecule has 0 spiro atoms. The van der Waals surface area contributed by atoms with Gasteiger partial charge < -0.3 is 18.9 Å². The van der Waals surface area contributed by atoms with E-state index in [1.807, 2.05) is 23.1 Å². The number of aromatic nitrogens is 1. The van der Waals surface area contributed by atoms with Crippen LogP contribution in [0.5, 0.6) is 0 Å². The molecule has 0 radical (unpaired) electrons. The molecule has 1 aliphatic heterocycles. The number of ether oxygens (including phenoxy) is 2. The van der Waals surface area contributed by atoms with Crippen molar-refractivity contribution in [2.45, 2.75) is 31.5 Å². The van der Waals surface area contributed by atoms with E-state index in [0.29, 0.717) is 38.8 Å². The van der Waals surface area contributed by atoms with E-state index in [2.05, 4.69) is 16.8 Å². The van der Waals surface area contributed by atoms with Crippen molar-refractivity contribution < 1.29 is 27.4 Å². The van der Waals surface area contributed by atoms with Crippen LogP contribution >= 0.6 is 0 Å². The number of para-hydroxylation sites is 1. The third-order valence-electron chi connectivity index (χ3n) is 6.40. The van der Waals surface area contributed by atoms with Crippen molar-refractivity contribution in [3.05, 3.63) is 71.4 Å². The van der Waals surface area contributed by atoms with E-state index in [1.165, 1.54) is 17.7 Å². The van der Waals surface area contributed by atoms with Crippen molar-refractivity contribution >= 4 is 16.8 Å². The second kappa shape index (κ2) is 10.6. The Morgan fingerprint density at radius 3 is 2.41 bits per heavy atom. The first-order chi connectivity index (χ1) is 16.4. The Bertz CT molecular complexity index is 1100. The minimum atomic E-state index is -4.34. The van der Waals surface area contributed by atoms with Crippen LogP contribution in [0.15, 0.2) is 54.7 Å². The van der Waals surface area contributed by atoms with Crippen LogP contribution in [0.2, 0.25) is 0 Å². The Balaban J connectivity index is 1.45. The number of piperidine rings is 1. The number of likely N-dealkylation sites (tertiary alicyclic amines) is 1. The smallest absolute Gasteiger partial charge is 0.382 e. The van der Waals surface area contributed by atoms with Gasteiger partial charge in [-0.1, -0.05) is 30.3 Å². The van der Waals surface area contributed by atoms with Crippen LogP contribution in [0.1, 0.15) is 35.4 Å². The number of fused-ring (bicyclic) bond motifs is 1. The Morgan fingerprint density at radius 1 is 1.03 bits per heavy atom. The SMILES string of the molecule is COCCOCC(=O)N1CCC(c2cn(Cc3ccc(C(F)(F)F)cc3)c3ccccc23)CC1. The van der Waals surface area contributed by atoms with Crippen molar-refractivity contribution in [3.8, 4) is 0 Å². The average Bonchev–Trinajstić information content (AvgIpc) is 3.20. The molecule has 0 aliphatic carbocycles. The first-order valence-electron chi connectivity index (χ1n) is 11.4. The lowest BCUT2D eigenvalue weighted by Crippen LogP contribution is -2.40. The van der Waals surface area contributed by atoms with Crippen molar-refractivity contribution in [2.75, 3.05) is 40.0 Å². The van der Waals surface area contributed by atoms with E-state index in [1.54, 1.807) is 7.11 Å². The predicted molar refractivity (Wildman–Crippen MR) is 124 cm³/mol. The van der Waals surface area contributed by atoms with Crippen LogP contribution < -0.4 is 0 Å². The first-order valence-corrected chi connectivity index (χ1v) is 11.4. The molecule has 2 aromatic carbocycles. The Morgan fingerprint density at radius 2 is 1.74 bits per heavy atom. The molecule has 34 heavy (non-hydrogen) atoms. The molecule has 4 rings (SSSR count). The van der Waals surface area contributed by atoms with Gasteiger partial charge in [-0.05, 0) is 48.1 Å². The van der Waals surface area contributed by atoms with Crippen LogP contribution in [0.4, 0.5) is 13.2 Å². The number of carbonyl (C=O) groups is 1. The second-order valence-corrected chi connectivity index (χ2v) is 8.62. The zero-order valence-electron chi connectivity index (χ0n) is 19.2. The molecule has 1 amide bonds. The van der Waals surface area contributed by atoms with E-state index >= 15 is 0 Å². The van der Waals surface area contributed by atoms with Crippen LogP contribution in [0.3, 0.4) is 0 Å². The van der Waals surface area contributed by atoms with E-state index in [-0.39, 0.29) is 12.5 Å². The molecule has 3 aromatic rings. The van der Waals surface area contributed by atoms with Crippen LogP contribution in [0.25, 0.3) is 10.9 Å². The van der Waals surface area contributed by atoms with Crippen LogP contribution in [0, 0.1) is 0 Å². The van der Waals surface area contributed by atoms with Crippen LogP contribution in [-0.2, 0) is 27.0 Å². The van der Waals surface area contributed by atoms with Crippen LogP contribution in [-0.4, -0.2) is 55.4 Å². The molecule has 182 valence electrons. The lowest BCUT2D eigenvalue weighted by atomic mass is 9.89. The summed E-state index contributed by atoms with van der Waals surface area (Å²) in [6, 6.07) is 13.5. The zero-order chi connectivity index (χ0) is 24.1. The van der Waals surface area contributed by atoms with Gasteiger partial charge in [0, 0.05) is 43.8 Å². The third kappa shape index (κ3) is 5.62. The van der Waals surface area contributed by atoms with Gasteiger partial charge in [0.1, 0.15) is 6.61 Å². The fraction of sp³-hybridized carbons (Fsp3) is 0.423. The molecule has 0 unspecified atom stereocenters. The summed E-state index contributed by atoms with van der Waals surface area (Å²) in [6.45, 7) is 2.78. The van der Waals surface area contributed by atoms with E-state index in [0.717, 1.165) is 41.4 Å². The molecule has 5 nitrogen and oxygen atoms in total. The number of halogens is 3. The predicted octanol–water partition coefficient (Wildman–Crippen LogP) is 5.08. The number of amides is 1. The van der Waals surface area contributed by atoms with Gasteiger partial charge in [-0.25, -0.2) is 0 Å². The Labute approximate surface area is 197 Å². The highest BCUT2D eigenvalue weighted by Crippen LogP contribution is 2.35. The molecular weight excluding hydrogens is 445 g/mol. The van der Waals surface area contributed by atoms with Crippen molar-refractivity contribution in [2.24, 2.45) is 0 Å². The standard InChI is InChI=1S/C26H29F3N2O3/c1-33-14-15-34-18-25(32)30-12-10-20(11-13-30)23-17-31(24-5-3-2-4-22(23)24)16-19-6-8-21(9-7-19)26(27,28)29/h2-9,17,20H,10-16,18H2,1H3. The van der Waals surface area contributed by atoms with Crippen molar-refractivity contribution in [1.82, 2.24) is 9.47 Å². The first kappa shape index (κ1) is 24.3. The molecule has 1 fully saturated rings. The minimum absolute atomic E-state index is 0.000662. The number of methoxy groups -OCH3 is 1. The fourth-order valence-electron chi connectivity index (χ4n) is 4.56. The molecule has 0 N–H and O–H groups in total. The molecule has 1 aliphatic rings. The third-order valence-corrected chi connectivity index (χ3v) is 6.40. The maximum Gasteiger partial charge on any atom is 0.416 e. The van der Waals surface area contributed by atoms with Gasteiger partial charge in [0.25, 0.3) is 0 Å². The number of hydrogen-bond donors (Lipinski definition) is 0. The maximum atomic E-state index is 12.9. The quantitative estimate of drug-likeness (QED) is 0.428. The molecule has 0 bridgehead atoms. The Hall–Kier alpha value is -2.84.